The number of halogens is 2. The SMILES string of the molecule is Cl.NS(=O)(=O)c1ccc(CCNCc2cccc(OCc3ccc(F)cc3)c2)cc1. The summed E-state index contributed by atoms with van der Waals surface area (Å²) in [5.41, 5.74) is 3.02. The first-order valence-corrected chi connectivity index (χ1v) is 10.7. The van der Waals surface area contributed by atoms with Gasteiger partial charge in [0, 0.05) is 6.54 Å². The number of nitrogens with two attached hydrogens (primary N) is 1. The van der Waals surface area contributed by atoms with Gasteiger partial charge < -0.3 is 10.1 Å². The molecule has 0 aliphatic carbocycles. The molecule has 0 aromatic heterocycles. The van der Waals surface area contributed by atoms with Gasteiger partial charge in [-0.05, 0) is 66.1 Å². The Morgan fingerprint density at radius 3 is 2.23 bits per heavy atom. The van der Waals surface area contributed by atoms with Crippen LogP contribution in [0.1, 0.15) is 16.7 Å². The van der Waals surface area contributed by atoms with Crippen molar-refractivity contribution >= 4 is 22.4 Å². The van der Waals surface area contributed by atoms with Crippen LogP contribution in [0.25, 0.3) is 0 Å². The van der Waals surface area contributed by atoms with Gasteiger partial charge in [-0.3, -0.25) is 0 Å². The summed E-state index contributed by atoms with van der Waals surface area (Å²) < 4.78 is 41.3. The fourth-order valence-corrected chi connectivity index (χ4v) is 3.32. The second kappa shape index (κ2) is 11.1. The molecule has 3 aromatic carbocycles. The summed E-state index contributed by atoms with van der Waals surface area (Å²) >= 11 is 0. The number of sulfonamides is 1. The van der Waals surface area contributed by atoms with E-state index in [1.54, 1.807) is 24.3 Å². The van der Waals surface area contributed by atoms with Crippen molar-refractivity contribution in [3.63, 3.8) is 0 Å². The number of benzene rings is 3. The highest BCUT2D eigenvalue weighted by molar-refractivity contribution is 7.89. The van der Waals surface area contributed by atoms with Crippen LogP contribution in [0.4, 0.5) is 4.39 Å². The molecule has 0 fully saturated rings. The zero-order chi connectivity index (χ0) is 20.7. The predicted molar refractivity (Wildman–Crippen MR) is 118 cm³/mol. The van der Waals surface area contributed by atoms with Crippen LogP contribution in [0.3, 0.4) is 0 Å². The molecule has 0 atom stereocenters. The third-order valence-electron chi connectivity index (χ3n) is 4.39. The van der Waals surface area contributed by atoms with Gasteiger partial charge in [0.05, 0.1) is 4.90 Å². The monoisotopic (exact) mass is 450 g/mol. The van der Waals surface area contributed by atoms with Crippen molar-refractivity contribution in [2.24, 2.45) is 5.14 Å². The average Bonchev–Trinajstić information content (AvgIpc) is 2.71. The summed E-state index contributed by atoms with van der Waals surface area (Å²) in [6, 6.07) is 20.6. The first-order valence-electron chi connectivity index (χ1n) is 9.19. The van der Waals surface area contributed by atoms with E-state index >= 15 is 0 Å². The summed E-state index contributed by atoms with van der Waals surface area (Å²) in [4.78, 5) is 0.117. The highest BCUT2D eigenvalue weighted by atomic mass is 35.5. The molecule has 0 aliphatic rings. The van der Waals surface area contributed by atoms with Crippen molar-refractivity contribution in [2.75, 3.05) is 6.54 Å². The maximum atomic E-state index is 12.9. The molecule has 5 nitrogen and oxygen atoms in total. The maximum absolute atomic E-state index is 12.9. The van der Waals surface area contributed by atoms with Crippen LogP contribution in [0.5, 0.6) is 5.75 Å². The van der Waals surface area contributed by atoms with Gasteiger partial charge in [-0.25, -0.2) is 17.9 Å². The Morgan fingerprint density at radius 1 is 0.900 bits per heavy atom. The molecule has 160 valence electrons. The summed E-state index contributed by atoms with van der Waals surface area (Å²) in [7, 11) is -3.65. The summed E-state index contributed by atoms with van der Waals surface area (Å²) in [5.74, 6) is 0.495. The van der Waals surface area contributed by atoms with Gasteiger partial charge in [-0.15, -0.1) is 12.4 Å². The molecule has 8 heteroatoms. The van der Waals surface area contributed by atoms with Gasteiger partial charge in [0.15, 0.2) is 0 Å². The summed E-state index contributed by atoms with van der Waals surface area (Å²) in [6.45, 7) is 1.81. The Bertz CT molecular complexity index is 1040. The Balaban J connectivity index is 0.00000320. The van der Waals surface area contributed by atoms with Crippen LogP contribution >= 0.6 is 12.4 Å². The van der Waals surface area contributed by atoms with Crippen molar-refractivity contribution in [3.05, 3.63) is 95.3 Å². The van der Waals surface area contributed by atoms with Crippen LogP contribution in [0.15, 0.2) is 77.7 Å². The van der Waals surface area contributed by atoms with E-state index in [1.165, 1.54) is 24.3 Å². The lowest BCUT2D eigenvalue weighted by Gasteiger charge is -2.09. The molecular formula is C22H24ClFN2O3S. The van der Waals surface area contributed by atoms with Crippen molar-refractivity contribution in [1.82, 2.24) is 5.32 Å². The van der Waals surface area contributed by atoms with Crippen molar-refractivity contribution in [3.8, 4) is 5.75 Å². The van der Waals surface area contributed by atoms with E-state index in [2.05, 4.69) is 5.32 Å². The highest BCUT2D eigenvalue weighted by Crippen LogP contribution is 2.16. The molecule has 3 N–H and O–H groups in total. The number of primary sulfonamides is 1. The molecular weight excluding hydrogens is 427 g/mol. The average molecular weight is 451 g/mol. The minimum atomic E-state index is -3.65. The Labute approximate surface area is 182 Å². The molecule has 0 aliphatic heterocycles. The van der Waals surface area contributed by atoms with E-state index in [9.17, 15) is 12.8 Å². The molecule has 30 heavy (non-hydrogen) atoms. The molecule has 0 unspecified atom stereocenters. The lowest BCUT2D eigenvalue weighted by molar-refractivity contribution is 0.305. The van der Waals surface area contributed by atoms with Crippen LogP contribution < -0.4 is 15.2 Å². The molecule has 0 heterocycles. The number of nitrogens with one attached hydrogen (secondary N) is 1. The predicted octanol–water partition coefficient (Wildman–Crippen LogP) is 3.81. The van der Waals surface area contributed by atoms with Crippen molar-refractivity contribution in [2.45, 2.75) is 24.5 Å². The van der Waals surface area contributed by atoms with Crippen LogP contribution in [0.2, 0.25) is 0 Å². The summed E-state index contributed by atoms with van der Waals surface area (Å²) in [6.07, 6.45) is 0.770. The van der Waals surface area contributed by atoms with E-state index in [0.717, 1.165) is 35.4 Å². The zero-order valence-electron chi connectivity index (χ0n) is 16.3. The first-order chi connectivity index (χ1) is 13.9. The highest BCUT2D eigenvalue weighted by Gasteiger charge is 2.06. The zero-order valence-corrected chi connectivity index (χ0v) is 17.9. The number of ether oxygens (including phenoxy) is 1. The lowest BCUT2D eigenvalue weighted by atomic mass is 10.1. The fourth-order valence-electron chi connectivity index (χ4n) is 2.80. The quantitative estimate of drug-likeness (QED) is 0.486. The van der Waals surface area contributed by atoms with Gasteiger partial charge in [0.1, 0.15) is 18.2 Å². The lowest BCUT2D eigenvalue weighted by Crippen LogP contribution is -2.17. The van der Waals surface area contributed by atoms with Gasteiger partial charge in [0.2, 0.25) is 10.0 Å². The Hall–Kier alpha value is -2.45. The molecule has 3 aromatic rings. The van der Waals surface area contributed by atoms with E-state index < -0.39 is 10.0 Å². The Morgan fingerprint density at radius 2 is 1.57 bits per heavy atom. The topological polar surface area (TPSA) is 81.4 Å². The smallest absolute Gasteiger partial charge is 0.238 e. The van der Waals surface area contributed by atoms with Gasteiger partial charge in [0.25, 0.3) is 0 Å². The molecule has 0 saturated carbocycles. The van der Waals surface area contributed by atoms with Gasteiger partial charge >= 0.3 is 0 Å². The molecule has 0 amide bonds. The van der Waals surface area contributed by atoms with Crippen LogP contribution in [-0.2, 0) is 29.6 Å². The molecule has 3 rings (SSSR count). The molecule has 0 bridgehead atoms. The maximum Gasteiger partial charge on any atom is 0.238 e. The first kappa shape index (κ1) is 23.8. The second-order valence-electron chi connectivity index (χ2n) is 6.68. The molecule has 0 saturated heterocycles. The number of rotatable bonds is 9. The second-order valence-corrected chi connectivity index (χ2v) is 8.24. The fraction of sp³-hybridized carbons (Fsp3) is 0.182. The number of hydrogen-bond acceptors (Lipinski definition) is 4. The van der Waals surface area contributed by atoms with Gasteiger partial charge in [-0.2, -0.15) is 0 Å². The van der Waals surface area contributed by atoms with Crippen molar-refractivity contribution < 1.29 is 17.5 Å². The molecule has 0 spiro atoms. The van der Waals surface area contributed by atoms with Gasteiger partial charge in [-0.1, -0.05) is 36.4 Å². The minimum absolute atomic E-state index is 0. The van der Waals surface area contributed by atoms with Crippen LogP contribution in [0, 0.1) is 5.82 Å². The van der Waals surface area contributed by atoms with E-state index in [-0.39, 0.29) is 23.1 Å². The standard InChI is InChI=1S/C22H23FN2O3S.ClH/c23-20-8-4-18(5-9-20)16-28-21-3-1-2-19(14-21)15-25-13-12-17-6-10-22(11-7-17)29(24,26)27;/h1-11,14,25H,12-13,15-16H2,(H2,24,26,27);1H. The largest absolute Gasteiger partial charge is 0.489 e. The third-order valence-corrected chi connectivity index (χ3v) is 5.32. The minimum Gasteiger partial charge on any atom is -0.489 e. The van der Waals surface area contributed by atoms with E-state index in [4.69, 9.17) is 9.88 Å². The van der Waals surface area contributed by atoms with E-state index in [1.807, 2.05) is 24.3 Å². The summed E-state index contributed by atoms with van der Waals surface area (Å²) in [5, 5.41) is 8.46. The Kier molecular flexibility index (Phi) is 8.80. The normalized spacial score (nSPS) is 11.0. The third kappa shape index (κ3) is 7.42. The number of hydrogen-bond donors (Lipinski definition) is 2. The van der Waals surface area contributed by atoms with Crippen molar-refractivity contribution in [1.29, 1.82) is 0 Å². The molecule has 0 radical (unpaired) electrons. The van der Waals surface area contributed by atoms with Crippen LogP contribution in [-0.4, -0.2) is 15.0 Å². The van der Waals surface area contributed by atoms with E-state index in [0.29, 0.717) is 13.2 Å².